The summed E-state index contributed by atoms with van der Waals surface area (Å²) in [5, 5.41) is 11.9. The van der Waals surface area contributed by atoms with Crippen molar-refractivity contribution in [2.45, 2.75) is 31.9 Å². The van der Waals surface area contributed by atoms with Gasteiger partial charge in [0.2, 0.25) is 5.91 Å². The number of nitrogens with one attached hydrogen (secondary N) is 1. The van der Waals surface area contributed by atoms with Crippen LogP contribution < -0.4 is 5.32 Å². The summed E-state index contributed by atoms with van der Waals surface area (Å²) in [5.41, 5.74) is 2.06. The number of amides is 1. The smallest absolute Gasteiger partial charge is 0.328 e. The number of carboxylic acids is 1. The SMILES string of the molecule is C=CCOCC(NC(=O)C1CCCOC1c1ccc(C)cc1)C(=O)O. The fourth-order valence-electron chi connectivity index (χ4n) is 2.86. The zero-order valence-electron chi connectivity index (χ0n) is 14.4. The molecule has 6 nitrogen and oxygen atoms in total. The lowest BCUT2D eigenvalue weighted by Crippen LogP contribution is -2.48. The topological polar surface area (TPSA) is 84.9 Å². The van der Waals surface area contributed by atoms with Crippen LogP contribution in [0.2, 0.25) is 0 Å². The first-order chi connectivity index (χ1) is 12.0. The van der Waals surface area contributed by atoms with E-state index >= 15 is 0 Å². The van der Waals surface area contributed by atoms with Gasteiger partial charge >= 0.3 is 5.97 Å². The average Bonchev–Trinajstić information content (AvgIpc) is 2.61. The lowest BCUT2D eigenvalue weighted by Gasteiger charge is -2.32. The minimum absolute atomic E-state index is 0.101. The molecule has 0 spiro atoms. The molecule has 1 aromatic carbocycles. The number of carbonyl (C=O) groups is 2. The number of aliphatic carboxylic acids is 1. The third-order valence-electron chi connectivity index (χ3n) is 4.20. The van der Waals surface area contributed by atoms with Crippen molar-refractivity contribution >= 4 is 11.9 Å². The molecule has 6 heteroatoms. The highest BCUT2D eigenvalue weighted by Gasteiger charge is 2.35. The highest BCUT2D eigenvalue weighted by Crippen LogP contribution is 2.34. The number of aryl methyl sites for hydroxylation is 1. The van der Waals surface area contributed by atoms with E-state index in [4.69, 9.17) is 9.47 Å². The molecule has 1 fully saturated rings. The molecule has 2 rings (SSSR count). The third-order valence-corrected chi connectivity index (χ3v) is 4.20. The van der Waals surface area contributed by atoms with Gasteiger partial charge in [-0.2, -0.15) is 0 Å². The molecule has 0 radical (unpaired) electrons. The first kappa shape index (κ1) is 19.1. The van der Waals surface area contributed by atoms with Crippen molar-refractivity contribution in [2.24, 2.45) is 5.92 Å². The molecule has 3 unspecified atom stereocenters. The lowest BCUT2D eigenvalue weighted by molar-refractivity contribution is -0.146. The van der Waals surface area contributed by atoms with Crippen molar-refractivity contribution in [3.8, 4) is 0 Å². The Bertz CT molecular complexity index is 598. The summed E-state index contributed by atoms with van der Waals surface area (Å²) >= 11 is 0. The molecule has 2 N–H and O–H groups in total. The number of benzene rings is 1. The Kier molecular flexibility index (Phi) is 7.16. The van der Waals surface area contributed by atoms with E-state index in [9.17, 15) is 14.7 Å². The number of carbonyl (C=O) groups excluding carboxylic acids is 1. The fraction of sp³-hybridized carbons (Fsp3) is 0.474. The van der Waals surface area contributed by atoms with E-state index in [1.165, 1.54) is 6.08 Å². The normalized spacial score (nSPS) is 21.3. The van der Waals surface area contributed by atoms with Crippen LogP contribution in [0.3, 0.4) is 0 Å². The molecule has 136 valence electrons. The molecular weight excluding hydrogens is 322 g/mol. The van der Waals surface area contributed by atoms with Crippen molar-refractivity contribution in [1.29, 1.82) is 0 Å². The van der Waals surface area contributed by atoms with E-state index in [2.05, 4.69) is 11.9 Å². The molecule has 1 amide bonds. The molecule has 1 aliphatic rings. The summed E-state index contributed by atoms with van der Waals surface area (Å²) in [4.78, 5) is 24.0. The van der Waals surface area contributed by atoms with Crippen LogP contribution in [-0.2, 0) is 19.1 Å². The maximum atomic E-state index is 12.7. The molecule has 0 aromatic heterocycles. The number of hydrogen-bond acceptors (Lipinski definition) is 4. The van der Waals surface area contributed by atoms with Crippen LogP contribution in [0.5, 0.6) is 0 Å². The molecule has 1 aromatic rings. The standard InChI is InChI=1S/C19H25NO5/c1-3-10-24-12-16(19(22)23)20-18(21)15-5-4-11-25-17(15)14-8-6-13(2)7-9-14/h3,6-9,15-17H,1,4-5,10-12H2,2H3,(H,20,21)(H,22,23). The number of rotatable bonds is 8. The molecule has 0 aliphatic carbocycles. The monoisotopic (exact) mass is 347 g/mol. The number of hydrogen-bond donors (Lipinski definition) is 2. The molecule has 1 saturated heterocycles. The van der Waals surface area contributed by atoms with Gasteiger partial charge in [-0.15, -0.1) is 6.58 Å². The van der Waals surface area contributed by atoms with Gasteiger partial charge < -0.3 is 19.9 Å². The molecule has 3 atom stereocenters. The van der Waals surface area contributed by atoms with Crippen LogP contribution >= 0.6 is 0 Å². The predicted molar refractivity (Wildman–Crippen MR) is 93.2 cm³/mol. The van der Waals surface area contributed by atoms with E-state index in [0.717, 1.165) is 17.5 Å². The van der Waals surface area contributed by atoms with Crippen molar-refractivity contribution in [3.63, 3.8) is 0 Å². The maximum Gasteiger partial charge on any atom is 0.328 e. The molecule has 0 saturated carbocycles. The van der Waals surface area contributed by atoms with Gasteiger partial charge in [0.1, 0.15) is 0 Å². The second-order valence-electron chi connectivity index (χ2n) is 6.18. The van der Waals surface area contributed by atoms with Gasteiger partial charge in [0, 0.05) is 6.61 Å². The molecule has 1 heterocycles. The second-order valence-corrected chi connectivity index (χ2v) is 6.18. The van der Waals surface area contributed by atoms with Crippen LogP contribution in [0.15, 0.2) is 36.9 Å². The van der Waals surface area contributed by atoms with E-state index in [1.54, 1.807) is 0 Å². The van der Waals surface area contributed by atoms with Gasteiger partial charge in [0.05, 0.1) is 25.2 Å². The second kappa shape index (κ2) is 9.34. The molecule has 25 heavy (non-hydrogen) atoms. The Morgan fingerprint density at radius 1 is 1.44 bits per heavy atom. The van der Waals surface area contributed by atoms with E-state index in [1.807, 2.05) is 31.2 Å². The quantitative estimate of drug-likeness (QED) is 0.556. The number of carboxylic acid groups (broad SMARTS) is 1. The highest BCUT2D eigenvalue weighted by atomic mass is 16.5. The van der Waals surface area contributed by atoms with Gasteiger partial charge in [-0.05, 0) is 25.3 Å². The first-order valence-electron chi connectivity index (χ1n) is 8.43. The van der Waals surface area contributed by atoms with Gasteiger partial charge in [0.15, 0.2) is 6.04 Å². The van der Waals surface area contributed by atoms with E-state index < -0.39 is 17.9 Å². The maximum absolute atomic E-state index is 12.7. The largest absolute Gasteiger partial charge is 0.480 e. The van der Waals surface area contributed by atoms with Crippen LogP contribution in [0.1, 0.15) is 30.1 Å². The summed E-state index contributed by atoms with van der Waals surface area (Å²) in [7, 11) is 0. The zero-order valence-corrected chi connectivity index (χ0v) is 14.4. The Labute approximate surface area is 147 Å². The van der Waals surface area contributed by atoms with Crippen LogP contribution in [0, 0.1) is 12.8 Å². The van der Waals surface area contributed by atoms with Crippen molar-refractivity contribution in [1.82, 2.24) is 5.32 Å². The zero-order chi connectivity index (χ0) is 18.2. The Morgan fingerprint density at radius 2 is 2.16 bits per heavy atom. The van der Waals surface area contributed by atoms with Gasteiger partial charge in [-0.1, -0.05) is 35.9 Å². The van der Waals surface area contributed by atoms with Gasteiger partial charge in [-0.25, -0.2) is 4.79 Å². The van der Waals surface area contributed by atoms with Gasteiger partial charge in [-0.3, -0.25) is 4.79 Å². The Balaban J connectivity index is 2.06. The fourth-order valence-corrected chi connectivity index (χ4v) is 2.86. The van der Waals surface area contributed by atoms with Crippen LogP contribution in [-0.4, -0.2) is 42.8 Å². The number of ether oxygens (including phenoxy) is 2. The third kappa shape index (κ3) is 5.41. The van der Waals surface area contributed by atoms with Crippen molar-refractivity contribution < 1.29 is 24.2 Å². The van der Waals surface area contributed by atoms with Crippen LogP contribution in [0.25, 0.3) is 0 Å². The summed E-state index contributed by atoms with van der Waals surface area (Å²) in [5.74, 6) is -1.86. The molecule has 0 bridgehead atoms. The van der Waals surface area contributed by atoms with Gasteiger partial charge in [0.25, 0.3) is 0 Å². The summed E-state index contributed by atoms with van der Waals surface area (Å²) in [6.45, 7) is 6.23. The Hall–Kier alpha value is -2.18. The summed E-state index contributed by atoms with van der Waals surface area (Å²) < 4.78 is 11.0. The summed E-state index contributed by atoms with van der Waals surface area (Å²) in [6.07, 6.45) is 2.59. The minimum atomic E-state index is -1.12. The minimum Gasteiger partial charge on any atom is -0.480 e. The lowest BCUT2D eigenvalue weighted by atomic mass is 9.88. The van der Waals surface area contributed by atoms with Crippen LogP contribution in [0.4, 0.5) is 0 Å². The van der Waals surface area contributed by atoms with Crippen molar-refractivity contribution in [3.05, 3.63) is 48.0 Å². The summed E-state index contributed by atoms with van der Waals surface area (Å²) in [6, 6.07) is 6.77. The first-order valence-corrected chi connectivity index (χ1v) is 8.43. The van der Waals surface area contributed by atoms with E-state index in [-0.39, 0.29) is 25.2 Å². The van der Waals surface area contributed by atoms with E-state index in [0.29, 0.717) is 13.0 Å². The Morgan fingerprint density at radius 3 is 2.80 bits per heavy atom. The predicted octanol–water partition coefficient (Wildman–Crippen LogP) is 2.23. The average molecular weight is 347 g/mol. The van der Waals surface area contributed by atoms with Crippen molar-refractivity contribution in [2.75, 3.05) is 19.8 Å². The molecular formula is C19H25NO5. The molecule has 1 aliphatic heterocycles. The highest BCUT2D eigenvalue weighted by molar-refractivity contribution is 5.85.